The average molecular weight is 645 g/mol. The quantitative estimate of drug-likeness (QED) is 0.0989. The van der Waals surface area contributed by atoms with Crippen molar-refractivity contribution >= 4 is 59.5 Å². The molecule has 0 spiro atoms. The third-order valence-electron chi connectivity index (χ3n) is 11.7. The van der Waals surface area contributed by atoms with Gasteiger partial charge in [0.05, 0.1) is 0 Å². The lowest BCUT2D eigenvalue weighted by Gasteiger charge is -2.38. The van der Waals surface area contributed by atoms with Crippen LogP contribution in [-0.4, -0.2) is 25.3 Å². The first kappa shape index (κ1) is 34.2. The molecule has 0 aliphatic carbocycles. The molecule has 0 unspecified atom stereocenters. The van der Waals surface area contributed by atoms with Crippen LogP contribution in [0.1, 0.15) is 94.2 Å². The maximum absolute atomic E-state index is 4.11. The maximum atomic E-state index is 4.11. The first-order valence-corrected chi connectivity index (χ1v) is 22.0. The zero-order chi connectivity index (χ0) is 33.9. The second kappa shape index (κ2) is 12.4. The molecular weight excluding hydrogens is 589 g/mol. The van der Waals surface area contributed by atoms with Crippen molar-refractivity contribution in [2.75, 3.05) is 0 Å². The van der Waals surface area contributed by atoms with Crippen molar-refractivity contribution in [3.63, 3.8) is 0 Å². The van der Waals surface area contributed by atoms with E-state index in [2.05, 4.69) is 178 Å². The molecule has 0 atom stereocenters. The Bertz CT molecular complexity index is 1870. The van der Waals surface area contributed by atoms with Crippen LogP contribution in [0.3, 0.4) is 0 Å². The van der Waals surface area contributed by atoms with Gasteiger partial charge >= 0.3 is 0 Å². The van der Waals surface area contributed by atoms with Gasteiger partial charge in [-0.3, -0.25) is 0 Å². The lowest BCUT2D eigenvalue weighted by Crippen LogP contribution is -2.43. The SMILES string of the molecule is CC(C)[Si](C#Cc1c2cc3ccn(C)c3cc2c(C#C[Si](C(C)C)(C(C)C)C(C)C)c2cc3ccn(C)c3cc12)(C(C)C)C(C)C. The lowest BCUT2D eigenvalue weighted by molar-refractivity contribution is 0.838. The lowest BCUT2D eigenvalue weighted by atomic mass is 9.90. The summed E-state index contributed by atoms with van der Waals surface area (Å²) in [6.07, 6.45) is 4.35. The van der Waals surface area contributed by atoms with Crippen LogP contribution in [0.25, 0.3) is 43.4 Å². The summed E-state index contributed by atoms with van der Waals surface area (Å²) in [5, 5.41) is 7.46. The van der Waals surface area contributed by atoms with Crippen molar-refractivity contribution in [3.8, 4) is 22.9 Å². The number of aromatic nitrogens is 2. The topological polar surface area (TPSA) is 9.86 Å². The van der Waals surface area contributed by atoms with E-state index >= 15 is 0 Å². The van der Waals surface area contributed by atoms with Gasteiger partial charge in [-0.1, -0.05) is 94.9 Å². The fourth-order valence-corrected chi connectivity index (χ4v) is 19.6. The third kappa shape index (κ3) is 5.27. The molecule has 0 fully saturated rings. The number of hydrogen-bond acceptors (Lipinski definition) is 0. The molecule has 0 aliphatic heterocycles. The Kier molecular flexibility index (Phi) is 9.24. The maximum Gasteiger partial charge on any atom is 0.146 e. The van der Waals surface area contributed by atoms with Gasteiger partial charge in [-0.05, 0) is 80.4 Å². The van der Waals surface area contributed by atoms with Gasteiger partial charge in [0.1, 0.15) is 16.1 Å². The van der Waals surface area contributed by atoms with E-state index in [4.69, 9.17) is 0 Å². The first-order valence-electron chi connectivity index (χ1n) is 17.6. The second-order valence-corrected chi connectivity index (χ2v) is 27.0. The largest absolute Gasteiger partial charge is 0.351 e. The van der Waals surface area contributed by atoms with E-state index < -0.39 is 16.1 Å². The zero-order valence-electron chi connectivity index (χ0n) is 31.0. The predicted octanol–water partition coefficient (Wildman–Crippen LogP) is 12.1. The fourth-order valence-electron chi connectivity index (χ4n) is 9.23. The van der Waals surface area contributed by atoms with E-state index in [1.807, 2.05) is 0 Å². The van der Waals surface area contributed by atoms with Crippen LogP contribution in [0.4, 0.5) is 0 Å². The summed E-state index contributed by atoms with van der Waals surface area (Å²) in [5.41, 5.74) is 16.5. The molecule has 2 heterocycles. The summed E-state index contributed by atoms with van der Waals surface area (Å²) in [6, 6.07) is 14.1. The minimum absolute atomic E-state index is 0.573. The fraction of sp³-hybridized carbons (Fsp3) is 0.476. The molecule has 3 aromatic carbocycles. The van der Waals surface area contributed by atoms with Gasteiger partial charge in [0, 0.05) is 70.2 Å². The van der Waals surface area contributed by atoms with Crippen molar-refractivity contribution in [1.29, 1.82) is 0 Å². The van der Waals surface area contributed by atoms with Crippen molar-refractivity contribution in [1.82, 2.24) is 9.13 Å². The predicted molar refractivity (Wildman–Crippen MR) is 210 cm³/mol. The number of fused-ring (bicyclic) bond motifs is 4. The van der Waals surface area contributed by atoms with Crippen LogP contribution in [0.15, 0.2) is 48.8 Å². The molecule has 0 amide bonds. The molecule has 2 aromatic heterocycles. The molecule has 5 rings (SSSR count). The molecule has 0 bridgehead atoms. The molecule has 242 valence electrons. The molecule has 2 nitrogen and oxygen atoms in total. The highest BCUT2D eigenvalue weighted by Gasteiger charge is 2.43. The number of benzene rings is 3. The second-order valence-electron chi connectivity index (χ2n) is 15.8. The Hall–Kier alpha value is -3.19. The van der Waals surface area contributed by atoms with Gasteiger partial charge in [0.15, 0.2) is 0 Å². The number of hydrogen-bond donors (Lipinski definition) is 0. The average Bonchev–Trinajstić information content (AvgIpc) is 3.52. The summed E-state index contributed by atoms with van der Waals surface area (Å²) in [7, 11) is 0.358. The minimum Gasteiger partial charge on any atom is -0.351 e. The van der Waals surface area contributed by atoms with Gasteiger partial charge in [-0.2, -0.15) is 0 Å². The summed E-state index contributed by atoms with van der Waals surface area (Å²) in [6.45, 7) is 28.9. The molecule has 0 saturated heterocycles. The molecule has 4 heteroatoms. The van der Waals surface area contributed by atoms with Crippen LogP contribution < -0.4 is 0 Å². The first-order chi connectivity index (χ1) is 21.6. The van der Waals surface area contributed by atoms with Crippen LogP contribution in [0.5, 0.6) is 0 Å². The Morgan fingerprint density at radius 2 is 0.739 bits per heavy atom. The minimum atomic E-state index is -1.97. The molecule has 0 radical (unpaired) electrons. The summed E-state index contributed by atoms with van der Waals surface area (Å²) >= 11 is 0. The van der Waals surface area contributed by atoms with Gasteiger partial charge in [-0.15, -0.1) is 11.1 Å². The van der Waals surface area contributed by atoms with Crippen molar-refractivity contribution in [3.05, 3.63) is 59.9 Å². The highest BCUT2D eigenvalue weighted by Crippen LogP contribution is 2.43. The Morgan fingerprint density at radius 3 is 1.02 bits per heavy atom. The van der Waals surface area contributed by atoms with E-state index in [1.54, 1.807) is 0 Å². The third-order valence-corrected chi connectivity index (χ3v) is 24.2. The number of aryl methyl sites for hydroxylation is 2. The van der Waals surface area contributed by atoms with Gasteiger partial charge < -0.3 is 9.13 Å². The van der Waals surface area contributed by atoms with Gasteiger partial charge in [0.2, 0.25) is 0 Å². The van der Waals surface area contributed by atoms with Gasteiger partial charge in [-0.25, -0.2) is 0 Å². The molecule has 0 N–H and O–H groups in total. The zero-order valence-corrected chi connectivity index (χ0v) is 33.0. The normalized spacial score (nSPS) is 13.0. The monoisotopic (exact) mass is 644 g/mol. The van der Waals surface area contributed by atoms with Crippen LogP contribution in [0.2, 0.25) is 33.2 Å². The van der Waals surface area contributed by atoms with E-state index in [0.29, 0.717) is 33.2 Å². The Morgan fingerprint density at radius 1 is 0.457 bits per heavy atom. The van der Waals surface area contributed by atoms with Gasteiger partial charge in [0.25, 0.3) is 0 Å². The summed E-state index contributed by atoms with van der Waals surface area (Å²) in [4.78, 5) is 0. The highest BCUT2D eigenvalue weighted by atomic mass is 28.3. The van der Waals surface area contributed by atoms with Crippen LogP contribution >= 0.6 is 0 Å². The van der Waals surface area contributed by atoms with E-state index in [9.17, 15) is 0 Å². The van der Waals surface area contributed by atoms with Crippen molar-refractivity contribution in [2.45, 2.75) is 116 Å². The highest BCUT2D eigenvalue weighted by molar-refractivity contribution is 6.91. The number of nitrogens with zero attached hydrogens (tertiary/aromatic N) is 2. The Labute approximate surface area is 281 Å². The number of rotatable bonds is 6. The van der Waals surface area contributed by atoms with Crippen molar-refractivity contribution < 1.29 is 0 Å². The van der Waals surface area contributed by atoms with E-state index in [-0.39, 0.29) is 0 Å². The van der Waals surface area contributed by atoms with Crippen LogP contribution in [0, 0.1) is 22.9 Å². The smallest absolute Gasteiger partial charge is 0.146 e. The molecular formula is C42H56N2Si2. The molecule has 0 aliphatic rings. The van der Waals surface area contributed by atoms with Crippen LogP contribution in [-0.2, 0) is 14.1 Å². The summed E-state index contributed by atoms with van der Waals surface area (Å²) < 4.78 is 4.48. The summed E-state index contributed by atoms with van der Waals surface area (Å²) in [5.74, 6) is 7.95. The standard InChI is InChI=1S/C42H56N2Si2/c1-27(2)45(28(3)4,29(5)6)21-17-35-37-23-33-15-19-44(14)42(33)26-40(37)36(18-22-46(30(7)8,31(9)10)32(11)12)38-24-34-16-20-43(13)41(34)25-39(35)38/h15-16,19-20,23-32H,1-14H3. The van der Waals surface area contributed by atoms with Crippen molar-refractivity contribution in [2.24, 2.45) is 14.1 Å². The molecule has 46 heavy (non-hydrogen) atoms. The molecule has 0 saturated carbocycles. The molecule has 5 aromatic rings. The van der Waals surface area contributed by atoms with E-state index in [1.165, 1.54) is 54.5 Å². The van der Waals surface area contributed by atoms with E-state index in [0.717, 1.165) is 0 Å². The Balaban J connectivity index is 2.03.